The van der Waals surface area contributed by atoms with Gasteiger partial charge in [0.1, 0.15) is 10.6 Å². The highest BCUT2D eigenvalue weighted by Gasteiger charge is 2.22. The van der Waals surface area contributed by atoms with Crippen LogP contribution in [0.4, 0.5) is 5.69 Å². The maximum atomic E-state index is 12.1. The number of nitrogens with two attached hydrogens (primary N) is 1. The summed E-state index contributed by atoms with van der Waals surface area (Å²) < 4.78 is 33.2. The van der Waals surface area contributed by atoms with Crippen molar-refractivity contribution in [1.29, 1.82) is 0 Å². The minimum Gasteiger partial charge on any atom is -0.495 e. The molecule has 0 bridgehead atoms. The van der Waals surface area contributed by atoms with Crippen LogP contribution < -0.4 is 15.2 Å². The third-order valence-electron chi connectivity index (χ3n) is 3.33. The number of hydrogen-bond donors (Lipinski definition) is 2. The SMILES string of the molecule is COc1ccc(NC(=O)C2CCOCC2)cc1S(N)(=O)=O. The molecule has 21 heavy (non-hydrogen) atoms. The van der Waals surface area contributed by atoms with Crippen LogP contribution in [0.1, 0.15) is 12.8 Å². The molecule has 116 valence electrons. The van der Waals surface area contributed by atoms with Crippen LogP contribution >= 0.6 is 0 Å². The molecule has 1 heterocycles. The first kappa shape index (κ1) is 15.7. The summed E-state index contributed by atoms with van der Waals surface area (Å²) >= 11 is 0. The molecule has 0 unspecified atom stereocenters. The Morgan fingerprint density at radius 3 is 2.62 bits per heavy atom. The molecule has 0 spiro atoms. The lowest BCUT2D eigenvalue weighted by atomic mass is 9.99. The molecule has 1 aromatic carbocycles. The van der Waals surface area contributed by atoms with E-state index in [2.05, 4.69) is 5.32 Å². The zero-order valence-electron chi connectivity index (χ0n) is 11.7. The van der Waals surface area contributed by atoms with Crippen molar-refractivity contribution in [2.75, 3.05) is 25.6 Å². The molecule has 1 aromatic rings. The fourth-order valence-corrected chi connectivity index (χ4v) is 2.90. The Kier molecular flexibility index (Phi) is 4.81. The monoisotopic (exact) mass is 314 g/mol. The number of carbonyl (C=O) groups is 1. The van der Waals surface area contributed by atoms with E-state index in [1.165, 1.54) is 19.2 Å². The van der Waals surface area contributed by atoms with Crippen molar-refractivity contribution < 1.29 is 22.7 Å². The fraction of sp³-hybridized carbons (Fsp3) is 0.462. The lowest BCUT2D eigenvalue weighted by molar-refractivity contribution is -0.122. The van der Waals surface area contributed by atoms with E-state index in [4.69, 9.17) is 14.6 Å². The summed E-state index contributed by atoms with van der Waals surface area (Å²) in [7, 11) is -2.57. The van der Waals surface area contributed by atoms with Gasteiger partial charge in [-0.15, -0.1) is 0 Å². The summed E-state index contributed by atoms with van der Waals surface area (Å²) in [5, 5.41) is 7.84. The number of hydrogen-bond acceptors (Lipinski definition) is 5. The second-order valence-electron chi connectivity index (χ2n) is 4.79. The zero-order chi connectivity index (χ0) is 15.5. The smallest absolute Gasteiger partial charge is 0.241 e. The lowest BCUT2D eigenvalue weighted by Gasteiger charge is -2.21. The van der Waals surface area contributed by atoms with Crippen molar-refractivity contribution in [3.05, 3.63) is 18.2 Å². The molecule has 1 amide bonds. The van der Waals surface area contributed by atoms with Crippen molar-refractivity contribution in [3.63, 3.8) is 0 Å². The lowest BCUT2D eigenvalue weighted by Crippen LogP contribution is -2.28. The van der Waals surface area contributed by atoms with Gasteiger partial charge in [-0.05, 0) is 31.0 Å². The molecule has 8 heteroatoms. The fourth-order valence-electron chi connectivity index (χ4n) is 2.18. The first-order valence-electron chi connectivity index (χ1n) is 6.51. The van der Waals surface area contributed by atoms with Gasteiger partial charge >= 0.3 is 0 Å². The third-order valence-corrected chi connectivity index (χ3v) is 4.26. The number of sulfonamides is 1. The quantitative estimate of drug-likeness (QED) is 0.851. The van der Waals surface area contributed by atoms with Crippen LogP contribution in [0, 0.1) is 5.92 Å². The molecule has 0 aromatic heterocycles. The first-order valence-corrected chi connectivity index (χ1v) is 8.06. The van der Waals surface area contributed by atoms with Gasteiger partial charge in [0.15, 0.2) is 0 Å². The van der Waals surface area contributed by atoms with Crippen molar-refractivity contribution in [2.24, 2.45) is 11.1 Å². The maximum Gasteiger partial charge on any atom is 0.241 e. The predicted molar refractivity (Wildman–Crippen MR) is 76.5 cm³/mol. The van der Waals surface area contributed by atoms with E-state index < -0.39 is 10.0 Å². The van der Waals surface area contributed by atoms with Gasteiger partial charge in [-0.25, -0.2) is 13.6 Å². The Hall–Kier alpha value is -1.64. The Bertz CT molecular complexity index is 623. The van der Waals surface area contributed by atoms with Crippen LogP contribution in [-0.2, 0) is 19.6 Å². The molecule has 0 atom stereocenters. The van der Waals surface area contributed by atoms with Gasteiger partial charge < -0.3 is 14.8 Å². The number of ether oxygens (including phenoxy) is 2. The normalized spacial score (nSPS) is 16.5. The summed E-state index contributed by atoms with van der Waals surface area (Å²) in [4.78, 5) is 11.9. The maximum absolute atomic E-state index is 12.1. The summed E-state index contributed by atoms with van der Waals surface area (Å²) in [5.74, 6) is -0.135. The number of benzene rings is 1. The van der Waals surface area contributed by atoms with Gasteiger partial charge in [-0.1, -0.05) is 0 Å². The number of primary sulfonamides is 1. The predicted octanol–water partition coefficient (Wildman–Crippen LogP) is 0.708. The molecule has 2 rings (SSSR count). The average molecular weight is 314 g/mol. The molecular weight excluding hydrogens is 296 g/mol. The van der Waals surface area contributed by atoms with Crippen LogP contribution in [0.3, 0.4) is 0 Å². The van der Waals surface area contributed by atoms with Gasteiger partial charge in [-0.2, -0.15) is 0 Å². The van der Waals surface area contributed by atoms with Gasteiger partial charge in [-0.3, -0.25) is 4.79 Å². The Balaban J connectivity index is 2.19. The molecule has 7 nitrogen and oxygen atoms in total. The van der Waals surface area contributed by atoms with Gasteiger partial charge in [0.2, 0.25) is 15.9 Å². The number of nitrogens with one attached hydrogen (secondary N) is 1. The molecule has 0 radical (unpaired) electrons. The number of rotatable bonds is 4. The molecule has 0 saturated carbocycles. The van der Waals surface area contributed by atoms with Gasteiger partial charge in [0.05, 0.1) is 7.11 Å². The largest absolute Gasteiger partial charge is 0.495 e. The molecule has 1 aliphatic heterocycles. The molecule has 1 fully saturated rings. The average Bonchev–Trinajstić information content (AvgIpc) is 2.47. The van der Waals surface area contributed by atoms with E-state index in [0.29, 0.717) is 31.7 Å². The van der Waals surface area contributed by atoms with E-state index in [1.807, 2.05) is 0 Å². The Labute approximate surface area is 123 Å². The van der Waals surface area contributed by atoms with Crippen LogP contribution in [0.2, 0.25) is 0 Å². The van der Waals surface area contributed by atoms with Gasteiger partial charge in [0, 0.05) is 24.8 Å². The number of methoxy groups -OCH3 is 1. The summed E-state index contributed by atoms with van der Waals surface area (Å²) in [6, 6.07) is 4.33. The van der Waals surface area contributed by atoms with Crippen LogP contribution in [0.15, 0.2) is 23.1 Å². The number of carbonyl (C=O) groups excluding carboxylic acids is 1. The topological polar surface area (TPSA) is 108 Å². The van der Waals surface area contributed by atoms with Crippen molar-refractivity contribution in [2.45, 2.75) is 17.7 Å². The minimum absolute atomic E-state index is 0.126. The van der Waals surface area contributed by atoms with E-state index in [1.54, 1.807) is 6.07 Å². The van der Waals surface area contributed by atoms with Crippen molar-refractivity contribution >= 4 is 21.6 Å². The zero-order valence-corrected chi connectivity index (χ0v) is 12.5. The van der Waals surface area contributed by atoms with E-state index >= 15 is 0 Å². The van der Waals surface area contributed by atoms with Crippen LogP contribution in [0.25, 0.3) is 0 Å². The third kappa shape index (κ3) is 3.93. The van der Waals surface area contributed by atoms with Crippen LogP contribution in [-0.4, -0.2) is 34.6 Å². The summed E-state index contributed by atoms with van der Waals surface area (Å²) in [5.41, 5.74) is 0.372. The molecule has 1 saturated heterocycles. The van der Waals surface area contributed by atoms with Crippen molar-refractivity contribution in [3.8, 4) is 5.75 Å². The first-order chi connectivity index (χ1) is 9.91. The van der Waals surface area contributed by atoms with E-state index in [-0.39, 0.29) is 22.5 Å². The highest BCUT2D eigenvalue weighted by molar-refractivity contribution is 7.89. The Morgan fingerprint density at radius 2 is 2.05 bits per heavy atom. The summed E-state index contributed by atoms with van der Waals surface area (Å²) in [6.07, 6.45) is 1.31. The van der Waals surface area contributed by atoms with E-state index in [0.717, 1.165) is 0 Å². The Morgan fingerprint density at radius 1 is 1.38 bits per heavy atom. The highest BCUT2D eigenvalue weighted by Crippen LogP contribution is 2.27. The molecule has 3 N–H and O–H groups in total. The van der Waals surface area contributed by atoms with Crippen molar-refractivity contribution in [1.82, 2.24) is 0 Å². The second-order valence-corrected chi connectivity index (χ2v) is 6.32. The number of amides is 1. The summed E-state index contributed by atoms with van der Waals surface area (Å²) in [6.45, 7) is 1.12. The highest BCUT2D eigenvalue weighted by atomic mass is 32.2. The molecular formula is C13H18N2O5S. The van der Waals surface area contributed by atoms with Gasteiger partial charge in [0.25, 0.3) is 0 Å². The minimum atomic E-state index is -3.93. The second kappa shape index (κ2) is 6.42. The molecule has 0 aliphatic carbocycles. The number of anilines is 1. The van der Waals surface area contributed by atoms with E-state index in [9.17, 15) is 13.2 Å². The van der Waals surface area contributed by atoms with Crippen LogP contribution in [0.5, 0.6) is 5.75 Å². The molecule has 1 aliphatic rings. The standard InChI is InChI=1S/C13H18N2O5S/c1-19-11-3-2-10(8-12(11)21(14,17)18)15-13(16)9-4-6-20-7-5-9/h2-3,8-9H,4-7H2,1H3,(H,15,16)(H2,14,17,18).